The van der Waals surface area contributed by atoms with Crippen LogP contribution in [-0.2, 0) is 0 Å². The van der Waals surface area contributed by atoms with Gasteiger partial charge < -0.3 is 0 Å². The van der Waals surface area contributed by atoms with Crippen molar-refractivity contribution < 1.29 is 0 Å². The van der Waals surface area contributed by atoms with Crippen LogP contribution < -0.4 is 0 Å². The molecule has 0 fully saturated rings. The fourth-order valence-electron chi connectivity index (χ4n) is 6.78. The molecule has 0 N–H and O–H groups in total. The van der Waals surface area contributed by atoms with Gasteiger partial charge in [-0.25, -0.2) is 0 Å². The lowest BCUT2D eigenvalue weighted by Gasteiger charge is -2.29. The van der Waals surface area contributed by atoms with Crippen LogP contribution in [0.1, 0.15) is 381 Å². The molecule has 0 heteroatoms. The Labute approximate surface area is 490 Å². The smallest absolute Gasteiger partial charge is 0.0380 e. The summed E-state index contributed by atoms with van der Waals surface area (Å²) in [5, 5.41) is 0. The topological polar surface area (TPSA) is 0 Å². The van der Waals surface area contributed by atoms with Gasteiger partial charge in [-0.05, 0) is 131 Å². The highest BCUT2D eigenvalue weighted by Gasteiger charge is 2.21. The van der Waals surface area contributed by atoms with Gasteiger partial charge in [0, 0.05) is 0 Å². The summed E-state index contributed by atoms with van der Waals surface area (Å²) in [6, 6.07) is 0. The Hall–Kier alpha value is 0. The fourth-order valence-corrected chi connectivity index (χ4v) is 6.78. The van der Waals surface area contributed by atoms with Crippen molar-refractivity contribution in [2.75, 3.05) is 0 Å². The van der Waals surface area contributed by atoms with Crippen LogP contribution in [0.5, 0.6) is 0 Å². The third-order valence-electron chi connectivity index (χ3n) is 13.8. The Balaban J connectivity index is -0.0000000675. The van der Waals surface area contributed by atoms with E-state index in [2.05, 4.69) is 291 Å². The van der Waals surface area contributed by atoms with Crippen molar-refractivity contribution in [3.05, 3.63) is 0 Å². The van der Waals surface area contributed by atoms with E-state index < -0.39 is 0 Å². The van der Waals surface area contributed by atoms with Crippen molar-refractivity contribution in [1.82, 2.24) is 0 Å². The van der Waals surface area contributed by atoms with Gasteiger partial charge in [-0.2, -0.15) is 0 Å². The van der Waals surface area contributed by atoms with Crippen LogP contribution in [0.2, 0.25) is 0 Å². The summed E-state index contributed by atoms with van der Waals surface area (Å²) >= 11 is 0. The maximum atomic E-state index is 2.41. The van der Waals surface area contributed by atoms with Gasteiger partial charge in [-0.3, -0.25) is 0 Å². The molecular weight excluding hydrogens is 901 g/mol. The quantitative estimate of drug-likeness (QED) is 0.107. The molecule has 0 aliphatic carbocycles. The summed E-state index contributed by atoms with van der Waals surface area (Å²) in [4.78, 5) is 0. The van der Waals surface area contributed by atoms with Crippen molar-refractivity contribution in [2.24, 2.45) is 112 Å². The molecule has 0 saturated heterocycles. The molecular formula is C75H172. The minimum atomic E-state index is 0.522. The monoisotopic (exact) mass is 1070 g/mol. The Morgan fingerprint density at radius 3 is 0.573 bits per heavy atom. The molecule has 0 rings (SSSR count). The van der Waals surface area contributed by atoms with Crippen LogP contribution in [0, 0.1) is 112 Å². The van der Waals surface area contributed by atoms with E-state index in [4.69, 9.17) is 0 Å². The van der Waals surface area contributed by atoms with E-state index in [1.807, 2.05) is 0 Å². The molecule has 5 atom stereocenters. The molecule has 472 valence electrons. The van der Waals surface area contributed by atoms with Gasteiger partial charge >= 0.3 is 0 Å². The van der Waals surface area contributed by atoms with E-state index >= 15 is 0 Å². The summed E-state index contributed by atoms with van der Waals surface area (Å²) in [6.07, 6.45) is 18.9. The maximum absolute atomic E-state index is 2.41. The molecule has 0 amide bonds. The standard InChI is InChI=1S/C12H26.C8H18.4C7H16.3C6H14.C5H12.C4H10/c1-7-9(3)11(5)12(6)10(4)8-2;1-7(2)6-8(3,4)5;2*1-6(2)5-7(3)4;1-4-5-6-7(2)3;1-4-6-7(3)5-2;2*1-5(2)6(3)4;1-4-5-6(2)3;1-4-5(2)3;1-4(2)3/h9-12H,7-8H2,1-6H3;7H,6H2,1-5H3;2*6-7H,5H2,1-4H3;2*7H,4-6H2,1-3H3;2*5-6H,1-4H3;6H,4-5H2,1-3H3;5H,4H2,1-3H3;4H,1-3H3. The highest BCUT2D eigenvalue weighted by atomic mass is 14.3. The first-order valence-electron chi connectivity index (χ1n) is 33.8. The molecule has 0 aliphatic heterocycles. The molecule has 0 heterocycles. The minimum Gasteiger partial charge on any atom is -0.0654 e. The maximum Gasteiger partial charge on any atom is -0.0380 e. The lowest BCUT2D eigenvalue weighted by atomic mass is 9.77. The first-order valence-corrected chi connectivity index (χ1v) is 33.8. The lowest BCUT2D eigenvalue weighted by Crippen LogP contribution is -2.21. The minimum absolute atomic E-state index is 0.522. The van der Waals surface area contributed by atoms with Crippen molar-refractivity contribution in [2.45, 2.75) is 381 Å². The summed E-state index contributed by atoms with van der Waals surface area (Å²) in [6.45, 7) is 95.1. The van der Waals surface area contributed by atoms with E-state index in [9.17, 15) is 0 Å². The largest absolute Gasteiger partial charge is 0.0654 e. The number of hydrogen-bond donors (Lipinski definition) is 0. The van der Waals surface area contributed by atoms with E-state index in [1.165, 1.54) is 89.9 Å². The molecule has 5 unspecified atom stereocenters. The first kappa shape index (κ1) is 100. The molecule has 0 radical (unpaired) electrons. The van der Waals surface area contributed by atoms with E-state index in [-0.39, 0.29) is 0 Å². The predicted molar refractivity (Wildman–Crippen MR) is 368 cm³/mol. The normalized spacial score (nSPS) is 12.8. The SMILES string of the molecule is CC(C)C.CC(C)C(C)C.CC(C)C(C)C.CC(C)CC(C)(C)C.CC(C)CC(C)C.CC(C)CC(C)C.CCC(C)C.CCC(C)C(C)C(C)C(C)CC.CCCC(C)C.CCCC(C)CC.CCCCC(C)C. The second-order valence-electron chi connectivity index (χ2n) is 30.2. The van der Waals surface area contributed by atoms with Gasteiger partial charge in [0.2, 0.25) is 0 Å². The van der Waals surface area contributed by atoms with Gasteiger partial charge in [0.05, 0.1) is 0 Å². The summed E-state index contributed by atoms with van der Waals surface area (Å²) in [7, 11) is 0. The number of hydrogen-bond acceptors (Lipinski definition) is 0. The van der Waals surface area contributed by atoms with Crippen molar-refractivity contribution in [3.63, 3.8) is 0 Å². The van der Waals surface area contributed by atoms with Crippen LogP contribution >= 0.6 is 0 Å². The van der Waals surface area contributed by atoms with Gasteiger partial charge in [0.25, 0.3) is 0 Å². The van der Waals surface area contributed by atoms with Gasteiger partial charge in [0.1, 0.15) is 0 Å². The van der Waals surface area contributed by atoms with Crippen molar-refractivity contribution >= 4 is 0 Å². The number of unbranched alkanes of at least 4 members (excludes halogenated alkanes) is 1. The average molecular weight is 1070 g/mol. The van der Waals surface area contributed by atoms with Gasteiger partial charge in [-0.1, -0.05) is 361 Å². The number of rotatable bonds is 21. The molecule has 0 nitrogen and oxygen atoms in total. The molecule has 0 aliphatic rings. The fraction of sp³-hybridized carbons (Fsp3) is 1.00. The molecule has 0 aromatic carbocycles. The third-order valence-corrected chi connectivity index (χ3v) is 13.8. The Morgan fingerprint density at radius 1 is 0.267 bits per heavy atom. The Morgan fingerprint density at radius 2 is 0.520 bits per heavy atom. The van der Waals surface area contributed by atoms with Crippen molar-refractivity contribution in [3.8, 4) is 0 Å². The summed E-state index contributed by atoms with van der Waals surface area (Å²) in [5.74, 6) is 15.7. The van der Waals surface area contributed by atoms with Crippen LogP contribution in [0.25, 0.3) is 0 Å². The second kappa shape index (κ2) is 72.0. The lowest BCUT2D eigenvalue weighted by molar-refractivity contribution is 0.205. The molecule has 0 spiro atoms. The zero-order valence-electron chi connectivity index (χ0n) is 62.8. The van der Waals surface area contributed by atoms with Gasteiger partial charge in [-0.15, -0.1) is 0 Å². The molecule has 0 bridgehead atoms. The van der Waals surface area contributed by atoms with Crippen LogP contribution in [-0.4, -0.2) is 0 Å². The van der Waals surface area contributed by atoms with Crippen molar-refractivity contribution in [1.29, 1.82) is 0 Å². The molecule has 0 aromatic rings. The Kier molecular flexibility index (Phi) is 96.3. The van der Waals surface area contributed by atoms with Gasteiger partial charge in [0.15, 0.2) is 0 Å². The zero-order valence-corrected chi connectivity index (χ0v) is 62.8. The van der Waals surface area contributed by atoms with Crippen LogP contribution in [0.4, 0.5) is 0 Å². The summed E-state index contributed by atoms with van der Waals surface area (Å²) in [5.41, 5.74) is 0.522. The highest BCUT2D eigenvalue weighted by Crippen LogP contribution is 2.30. The molecule has 75 heavy (non-hydrogen) atoms. The van der Waals surface area contributed by atoms with Crippen LogP contribution in [0.3, 0.4) is 0 Å². The van der Waals surface area contributed by atoms with E-state index in [0.717, 1.165) is 107 Å². The van der Waals surface area contributed by atoms with Crippen LogP contribution in [0.15, 0.2) is 0 Å². The first-order chi connectivity index (χ1) is 33.8. The predicted octanol–water partition coefficient (Wildman–Crippen LogP) is 29.2. The summed E-state index contributed by atoms with van der Waals surface area (Å²) < 4.78 is 0. The average Bonchev–Trinajstić information content (AvgIpc) is 3.24. The zero-order chi connectivity index (χ0) is 62.8. The molecule has 0 aromatic heterocycles. The highest BCUT2D eigenvalue weighted by molar-refractivity contribution is 4.71. The Bertz CT molecular complexity index is 817. The molecule has 0 saturated carbocycles. The van der Waals surface area contributed by atoms with E-state index in [0.29, 0.717) is 5.41 Å². The van der Waals surface area contributed by atoms with E-state index in [1.54, 1.807) is 0 Å². The third kappa shape index (κ3) is 147. The second-order valence-corrected chi connectivity index (χ2v) is 30.2.